The van der Waals surface area contributed by atoms with Gasteiger partial charge in [-0.25, -0.2) is 4.98 Å². The summed E-state index contributed by atoms with van der Waals surface area (Å²) in [5, 5.41) is 16.1. The number of pyridine rings is 1. The molecule has 5 rings (SSSR count). The second-order valence-electron chi connectivity index (χ2n) is 11.4. The summed E-state index contributed by atoms with van der Waals surface area (Å²) in [6.45, 7) is 3.68. The van der Waals surface area contributed by atoms with E-state index < -0.39 is 12.0 Å². The number of amides is 1. The van der Waals surface area contributed by atoms with Gasteiger partial charge in [0.2, 0.25) is 5.91 Å². The van der Waals surface area contributed by atoms with E-state index in [4.69, 9.17) is 4.98 Å². The van der Waals surface area contributed by atoms with Gasteiger partial charge in [-0.05, 0) is 93.1 Å². The third-order valence-corrected chi connectivity index (χ3v) is 8.57. The monoisotopic (exact) mass is 554 g/mol. The predicted octanol–water partition coefficient (Wildman–Crippen LogP) is 5.50. The number of carboxylic acid groups (broad SMARTS) is 1. The fourth-order valence-corrected chi connectivity index (χ4v) is 6.47. The summed E-state index contributed by atoms with van der Waals surface area (Å²) in [6, 6.07) is 12.1. The van der Waals surface area contributed by atoms with Crippen molar-refractivity contribution in [3.8, 4) is 0 Å². The van der Waals surface area contributed by atoms with Crippen LogP contribution in [0.1, 0.15) is 92.1 Å². The quantitative estimate of drug-likeness (QED) is 0.359. The van der Waals surface area contributed by atoms with E-state index in [1.54, 1.807) is 0 Å². The summed E-state index contributed by atoms with van der Waals surface area (Å²) in [5.74, 6) is 0.584. The lowest BCUT2D eigenvalue weighted by molar-refractivity contribution is -0.138. The Morgan fingerprint density at radius 2 is 1.95 bits per heavy atom. The lowest BCUT2D eigenvalue weighted by Gasteiger charge is -2.33. The number of fused-ring (bicyclic) bond motifs is 1. The molecule has 212 valence electrons. The fourth-order valence-electron chi connectivity index (χ4n) is 6.47. The molecule has 1 aliphatic carbocycles. The van der Waals surface area contributed by atoms with Gasteiger partial charge in [-0.15, -0.1) is 12.4 Å². The lowest BCUT2D eigenvalue weighted by atomic mass is 9.92. The maximum absolute atomic E-state index is 13.3. The number of benzene rings is 1. The van der Waals surface area contributed by atoms with Gasteiger partial charge in [-0.1, -0.05) is 43.2 Å². The molecular formula is C31H43ClN4O3. The molecule has 7 nitrogen and oxygen atoms in total. The number of aryl methyl sites for hydroxylation is 2. The summed E-state index contributed by atoms with van der Waals surface area (Å²) in [6.07, 6.45) is 10.8. The molecular weight excluding hydrogens is 512 g/mol. The Balaban J connectivity index is 0.00000353. The molecule has 8 heteroatoms. The first-order valence-corrected chi connectivity index (χ1v) is 14.6. The van der Waals surface area contributed by atoms with Crippen LogP contribution in [0, 0.1) is 5.92 Å². The highest BCUT2D eigenvalue weighted by Gasteiger charge is 2.29. The Morgan fingerprint density at radius 1 is 1.10 bits per heavy atom. The number of aliphatic carboxylic acids is 1. The van der Waals surface area contributed by atoms with Crippen molar-refractivity contribution in [2.45, 2.75) is 82.6 Å². The smallest absolute Gasteiger partial charge is 0.305 e. The SMILES string of the molecule is Cl.O=C(O)CC(NC(=O)[C@@H]1CCCN(CCCc2ccc3c(n2)NCCC3)C1)c1cccc(C2CCCC2)c1. The average molecular weight is 555 g/mol. The topological polar surface area (TPSA) is 94.6 Å². The number of carbonyl (C=O) groups excluding carboxylic acids is 1. The molecule has 0 spiro atoms. The predicted molar refractivity (Wildman–Crippen MR) is 157 cm³/mol. The van der Waals surface area contributed by atoms with E-state index in [-0.39, 0.29) is 30.7 Å². The summed E-state index contributed by atoms with van der Waals surface area (Å²) >= 11 is 0. The Hall–Kier alpha value is -2.64. The van der Waals surface area contributed by atoms with E-state index >= 15 is 0 Å². The molecule has 3 aliphatic rings. The van der Waals surface area contributed by atoms with Gasteiger partial charge in [0.05, 0.1) is 18.4 Å². The third kappa shape index (κ3) is 7.95. The molecule has 3 N–H and O–H groups in total. The first kappa shape index (κ1) is 29.3. The van der Waals surface area contributed by atoms with Crippen molar-refractivity contribution in [1.29, 1.82) is 0 Å². The van der Waals surface area contributed by atoms with Crippen molar-refractivity contribution < 1.29 is 14.7 Å². The Kier molecular flexibility index (Phi) is 10.6. The molecule has 0 bridgehead atoms. The summed E-state index contributed by atoms with van der Waals surface area (Å²) < 4.78 is 0. The summed E-state index contributed by atoms with van der Waals surface area (Å²) in [5.41, 5.74) is 4.62. The van der Waals surface area contributed by atoms with Crippen LogP contribution in [0.15, 0.2) is 36.4 Å². The zero-order valence-corrected chi connectivity index (χ0v) is 23.7. The molecule has 1 amide bonds. The molecule has 39 heavy (non-hydrogen) atoms. The molecule has 2 aliphatic heterocycles. The Labute approximate surface area is 238 Å². The number of carboxylic acids is 1. The van der Waals surface area contributed by atoms with Crippen molar-refractivity contribution >= 4 is 30.1 Å². The summed E-state index contributed by atoms with van der Waals surface area (Å²) in [4.78, 5) is 32.2. The van der Waals surface area contributed by atoms with Gasteiger partial charge in [0.1, 0.15) is 5.82 Å². The molecule has 1 aromatic heterocycles. The van der Waals surface area contributed by atoms with Crippen LogP contribution in [-0.2, 0) is 22.4 Å². The highest BCUT2D eigenvalue weighted by molar-refractivity contribution is 5.85. The number of anilines is 1. The number of rotatable bonds is 10. The number of aromatic nitrogens is 1. The zero-order chi connectivity index (χ0) is 26.3. The minimum atomic E-state index is -0.891. The molecule has 1 aromatic carbocycles. The zero-order valence-electron chi connectivity index (χ0n) is 22.9. The van der Waals surface area contributed by atoms with Crippen LogP contribution in [0.25, 0.3) is 0 Å². The normalized spacial score (nSPS) is 20.4. The van der Waals surface area contributed by atoms with Crippen molar-refractivity contribution in [1.82, 2.24) is 15.2 Å². The number of hydrogen-bond donors (Lipinski definition) is 3. The molecule has 2 aromatic rings. The van der Waals surface area contributed by atoms with E-state index in [0.717, 1.165) is 75.4 Å². The first-order chi connectivity index (χ1) is 18.5. The number of carbonyl (C=O) groups is 2. The minimum Gasteiger partial charge on any atom is -0.481 e. The van der Waals surface area contributed by atoms with E-state index in [2.05, 4.69) is 39.8 Å². The van der Waals surface area contributed by atoms with Gasteiger partial charge in [0.25, 0.3) is 0 Å². The molecule has 3 heterocycles. The first-order valence-electron chi connectivity index (χ1n) is 14.6. The van der Waals surface area contributed by atoms with E-state index in [1.165, 1.54) is 43.2 Å². The second-order valence-corrected chi connectivity index (χ2v) is 11.4. The van der Waals surface area contributed by atoms with Gasteiger partial charge in [0.15, 0.2) is 0 Å². The highest BCUT2D eigenvalue weighted by atomic mass is 35.5. The van der Waals surface area contributed by atoms with Crippen molar-refractivity contribution in [2.24, 2.45) is 5.92 Å². The average Bonchev–Trinajstić information content (AvgIpc) is 3.48. The minimum absolute atomic E-state index is 0. The molecule has 2 fully saturated rings. The Bertz CT molecular complexity index is 1120. The Morgan fingerprint density at radius 3 is 2.77 bits per heavy atom. The third-order valence-electron chi connectivity index (χ3n) is 8.57. The van der Waals surface area contributed by atoms with E-state index in [9.17, 15) is 14.7 Å². The number of nitrogens with one attached hydrogen (secondary N) is 2. The van der Waals surface area contributed by atoms with Crippen LogP contribution in [0.5, 0.6) is 0 Å². The van der Waals surface area contributed by atoms with Gasteiger partial charge in [-0.3, -0.25) is 9.59 Å². The fraction of sp³-hybridized carbons (Fsp3) is 0.581. The lowest BCUT2D eigenvalue weighted by Crippen LogP contribution is -2.44. The van der Waals surface area contributed by atoms with E-state index in [0.29, 0.717) is 5.92 Å². The number of piperidine rings is 1. The second kappa shape index (κ2) is 14.1. The van der Waals surface area contributed by atoms with Crippen LogP contribution >= 0.6 is 12.4 Å². The molecule has 1 saturated carbocycles. The number of hydrogen-bond acceptors (Lipinski definition) is 5. The van der Waals surface area contributed by atoms with Gasteiger partial charge in [-0.2, -0.15) is 0 Å². The standard InChI is InChI=1S/C31H42N4O3.ClH/c36-29(37)20-28(25-10-3-9-24(19-25)22-7-1-2-8-22)34-31(38)26-12-5-17-35(21-26)18-6-13-27-15-14-23-11-4-16-32-30(23)33-27;/h3,9-10,14-15,19,22,26,28H,1-2,4-8,11-13,16-18,20-21H2,(H,32,33)(H,34,38)(H,36,37);1H/t26-,28?;/m1./s1. The molecule has 2 atom stereocenters. The summed E-state index contributed by atoms with van der Waals surface area (Å²) in [7, 11) is 0. The largest absolute Gasteiger partial charge is 0.481 e. The maximum Gasteiger partial charge on any atom is 0.305 e. The van der Waals surface area contributed by atoms with Crippen molar-refractivity contribution in [3.63, 3.8) is 0 Å². The molecule has 1 unspecified atom stereocenters. The van der Waals surface area contributed by atoms with Crippen molar-refractivity contribution in [2.75, 3.05) is 31.5 Å². The van der Waals surface area contributed by atoms with Gasteiger partial charge >= 0.3 is 5.97 Å². The highest BCUT2D eigenvalue weighted by Crippen LogP contribution is 2.35. The van der Waals surface area contributed by atoms with E-state index in [1.807, 2.05) is 12.1 Å². The van der Waals surface area contributed by atoms with Crippen LogP contribution in [-0.4, -0.2) is 53.0 Å². The van der Waals surface area contributed by atoms with Crippen molar-refractivity contribution in [3.05, 3.63) is 58.8 Å². The molecule has 1 saturated heterocycles. The maximum atomic E-state index is 13.3. The van der Waals surface area contributed by atoms with Crippen LogP contribution < -0.4 is 10.6 Å². The van der Waals surface area contributed by atoms with Gasteiger partial charge in [0, 0.05) is 18.8 Å². The number of halogens is 1. The number of likely N-dealkylation sites (tertiary alicyclic amines) is 1. The van der Waals surface area contributed by atoms with Gasteiger partial charge < -0.3 is 20.6 Å². The van der Waals surface area contributed by atoms with Crippen LogP contribution in [0.4, 0.5) is 5.82 Å². The van der Waals surface area contributed by atoms with Crippen LogP contribution in [0.2, 0.25) is 0 Å². The number of nitrogens with zero attached hydrogens (tertiary/aromatic N) is 2. The van der Waals surface area contributed by atoms with Crippen LogP contribution in [0.3, 0.4) is 0 Å². The molecule has 0 radical (unpaired) electrons.